The van der Waals surface area contributed by atoms with Crippen molar-refractivity contribution in [2.75, 3.05) is 0 Å². The van der Waals surface area contributed by atoms with Crippen LogP contribution in [0.15, 0.2) is 0 Å². The molecule has 82 valence electrons. The summed E-state index contributed by atoms with van der Waals surface area (Å²) in [6, 6.07) is 0. The van der Waals surface area contributed by atoms with E-state index in [-0.39, 0.29) is 10.5 Å². The zero-order valence-corrected chi connectivity index (χ0v) is 9.72. The zero-order chi connectivity index (χ0) is 10.2. The molecule has 0 aromatic rings. The van der Waals surface area contributed by atoms with Crippen molar-refractivity contribution >= 4 is 9.84 Å². The van der Waals surface area contributed by atoms with Gasteiger partial charge in [0.1, 0.15) is 0 Å². The van der Waals surface area contributed by atoms with Gasteiger partial charge in [-0.1, -0.05) is 26.2 Å². The first-order valence-corrected chi connectivity index (χ1v) is 7.50. The maximum atomic E-state index is 12.1. The lowest BCUT2D eigenvalue weighted by Crippen LogP contribution is -2.24. The molecule has 2 fully saturated rings. The van der Waals surface area contributed by atoms with Gasteiger partial charge in [-0.3, -0.25) is 0 Å². The minimum absolute atomic E-state index is 0.0180. The lowest BCUT2D eigenvalue weighted by atomic mass is 9.94. The molecule has 2 rings (SSSR count). The molecule has 1 heterocycles. The second-order valence-corrected chi connectivity index (χ2v) is 7.24. The Labute approximate surface area is 87.0 Å². The predicted octanol–water partition coefficient (Wildman–Crippen LogP) is 2.53. The third-order valence-electron chi connectivity index (χ3n) is 4.00. The van der Waals surface area contributed by atoms with Gasteiger partial charge in [-0.25, -0.2) is 8.42 Å². The minimum Gasteiger partial charge on any atom is -0.228 e. The van der Waals surface area contributed by atoms with Crippen LogP contribution in [-0.4, -0.2) is 18.9 Å². The van der Waals surface area contributed by atoms with Gasteiger partial charge in [0.05, 0.1) is 10.5 Å². The summed E-state index contributed by atoms with van der Waals surface area (Å²) in [7, 11) is -2.76. The Morgan fingerprint density at radius 3 is 2.57 bits per heavy atom. The molecule has 2 nitrogen and oxygen atoms in total. The van der Waals surface area contributed by atoms with E-state index in [1.807, 2.05) is 6.92 Å². The molecule has 1 unspecified atom stereocenters. The lowest BCUT2D eigenvalue weighted by Gasteiger charge is -2.13. The Morgan fingerprint density at radius 2 is 1.86 bits per heavy atom. The number of fused-ring (bicyclic) bond motifs is 1. The first kappa shape index (κ1) is 10.5. The molecule has 3 heteroatoms. The Morgan fingerprint density at radius 1 is 1.14 bits per heavy atom. The summed E-state index contributed by atoms with van der Waals surface area (Å²) in [5.74, 6) is 0.493. The molecule has 0 radical (unpaired) electrons. The molecule has 1 saturated heterocycles. The maximum Gasteiger partial charge on any atom is 0.156 e. The minimum atomic E-state index is -2.76. The van der Waals surface area contributed by atoms with Gasteiger partial charge in [0.25, 0.3) is 0 Å². The monoisotopic (exact) mass is 216 g/mol. The Hall–Kier alpha value is -0.0500. The summed E-state index contributed by atoms with van der Waals surface area (Å²) in [5.41, 5.74) is 0. The molecule has 0 aromatic carbocycles. The highest BCUT2D eigenvalue weighted by Gasteiger charge is 2.46. The molecular weight excluding hydrogens is 196 g/mol. The highest BCUT2D eigenvalue weighted by Crippen LogP contribution is 2.41. The molecule has 0 N–H and O–H groups in total. The normalized spacial score (nSPS) is 41.6. The third-order valence-corrected chi connectivity index (χ3v) is 6.92. The second kappa shape index (κ2) is 3.84. The summed E-state index contributed by atoms with van der Waals surface area (Å²) in [5, 5.41) is 0.00514. The van der Waals surface area contributed by atoms with Crippen LogP contribution in [0.5, 0.6) is 0 Å². The van der Waals surface area contributed by atoms with Crippen molar-refractivity contribution in [2.45, 2.75) is 62.4 Å². The summed E-state index contributed by atoms with van der Waals surface area (Å²) >= 11 is 0. The van der Waals surface area contributed by atoms with E-state index in [4.69, 9.17) is 0 Å². The van der Waals surface area contributed by atoms with Gasteiger partial charge in [-0.15, -0.1) is 0 Å². The van der Waals surface area contributed by atoms with E-state index in [0.29, 0.717) is 5.92 Å². The first-order chi connectivity index (χ1) is 6.66. The first-order valence-electron chi connectivity index (χ1n) is 5.89. The van der Waals surface area contributed by atoms with Gasteiger partial charge in [-0.05, 0) is 31.6 Å². The number of rotatable bonds is 1. The molecule has 0 amide bonds. The zero-order valence-electron chi connectivity index (χ0n) is 8.91. The SMILES string of the molecule is CCC1C[C@@H]2CCCCC[C@H]2S1(=O)=O. The van der Waals surface area contributed by atoms with Crippen LogP contribution in [-0.2, 0) is 9.84 Å². The Kier molecular flexibility index (Phi) is 2.87. The maximum absolute atomic E-state index is 12.1. The Balaban J connectivity index is 2.23. The molecule has 1 aliphatic heterocycles. The van der Waals surface area contributed by atoms with E-state index < -0.39 is 9.84 Å². The van der Waals surface area contributed by atoms with E-state index in [2.05, 4.69) is 0 Å². The standard InChI is InChI=1S/C11H20O2S/c1-2-10-8-9-6-4-3-5-7-11(9)14(10,12)13/h9-11H,2-8H2,1H3/t9-,10?,11+/m0/s1. The average molecular weight is 216 g/mol. The smallest absolute Gasteiger partial charge is 0.156 e. The molecule has 2 aliphatic rings. The van der Waals surface area contributed by atoms with Crippen LogP contribution < -0.4 is 0 Å². The second-order valence-electron chi connectivity index (χ2n) is 4.79. The third kappa shape index (κ3) is 1.60. The molecule has 0 bridgehead atoms. The van der Waals surface area contributed by atoms with Crippen LogP contribution >= 0.6 is 0 Å². The molecule has 0 aromatic heterocycles. The topological polar surface area (TPSA) is 34.1 Å². The van der Waals surface area contributed by atoms with Gasteiger partial charge in [0.15, 0.2) is 9.84 Å². The van der Waals surface area contributed by atoms with E-state index in [1.54, 1.807) is 0 Å². The van der Waals surface area contributed by atoms with Crippen molar-refractivity contribution in [3.8, 4) is 0 Å². The molecule has 3 atom stereocenters. The van der Waals surface area contributed by atoms with E-state index in [0.717, 1.165) is 32.1 Å². The largest absolute Gasteiger partial charge is 0.228 e. The molecule has 1 saturated carbocycles. The van der Waals surface area contributed by atoms with Crippen molar-refractivity contribution in [3.05, 3.63) is 0 Å². The number of hydrogen-bond donors (Lipinski definition) is 0. The quantitative estimate of drug-likeness (QED) is 0.675. The fraction of sp³-hybridized carbons (Fsp3) is 1.00. The van der Waals surface area contributed by atoms with Crippen LogP contribution in [0.1, 0.15) is 51.9 Å². The van der Waals surface area contributed by atoms with Crippen molar-refractivity contribution < 1.29 is 8.42 Å². The molecular formula is C11H20O2S. The predicted molar refractivity (Wildman–Crippen MR) is 58.0 cm³/mol. The van der Waals surface area contributed by atoms with Gasteiger partial charge in [0.2, 0.25) is 0 Å². The highest BCUT2D eigenvalue weighted by molar-refractivity contribution is 7.92. The molecule has 1 aliphatic carbocycles. The van der Waals surface area contributed by atoms with E-state index >= 15 is 0 Å². The molecule has 14 heavy (non-hydrogen) atoms. The number of sulfone groups is 1. The van der Waals surface area contributed by atoms with Crippen LogP contribution in [0.3, 0.4) is 0 Å². The fourth-order valence-electron chi connectivity index (χ4n) is 3.17. The van der Waals surface area contributed by atoms with Crippen molar-refractivity contribution in [1.29, 1.82) is 0 Å². The summed E-state index contributed by atoms with van der Waals surface area (Å²) in [6.45, 7) is 2.01. The summed E-state index contributed by atoms with van der Waals surface area (Å²) in [6.07, 6.45) is 7.45. The van der Waals surface area contributed by atoms with Crippen molar-refractivity contribution in [2.24, 2.45) is 5.92 Å². The van der Waals surface area contributed by atoms with Gasteiger partial charge in [0, 0.05) is 0 Å². The van der Waals surface area contributed by atoms with Crippen LogP contribution in [0.2, 0.25) is 0 Å². The number of hydrogen-bond acceptors (Lipinski definition) is 2. The van der Waals surface area contributed by atoms with Gasteiger partial charge >= 0.3 is 0 Å². The summed E-state index contributed by atoms with van der Waals surface area (Å²) < 4.78 is 24.2. The lowest BCUT2D eigenvalue weighted by molar-refractivity contribution is 0.455. The average Bonchev–Trinajstić information content (AvgIpc) is 2.35. The molecule has 0 spiro atoms. The Bertz CT molecular complexity index is 294. The van der Waals surface area contributed by atoms with Gasteiger partial charge < -0.3 is 0 Å². The van der Waals surface area contributed by atoms with E-state index in [1.165, 1.54) is 12.8 Å². The van der Waals surface area contributed by atoms with Gasteiger partial charge in [-0.2, -0.15) is 0 Å². The van der Waals surface area contributed by atoms with E-state index in [9.17, 15) is 8.42 Å². The van der Waals surface area contributed by atoms with Crippen molar-refractivity contribution in [3.63, 3.8) is 0 Å². The van der Waals surface area contributed by atoms with Crippen molar-refractivity contribution in [1.82, 2.24) is 0 Å². The fourth-order valence-corrected chi connectivity index (χ4v) is 5.92. The van der Waals surface area contributed by atoms with Crippen LogP contribution in [0.4, 0.5) is 0 Å². The van der Waals surface area contributed by atoms with Crippen LogP contribution in [0, 0.1) is 5.92 Å². The highest BCUT2D eigenvalue weighted by atomic mass is 32.2. The van der Waals surface area contributed by atoms with Crippen LogP contribution in [0.25, 0.3) is 0 Å². The summed E-state index contributed by atoms with van der Waals surface area (Å²) in [4.78, 5) is 0.